The Hall–Kier alpha value is -2.96. The molecule has 0 saturated carbocycles. The number of hydrogen-bond donors (Lipinski definition) is 2. The number of nitrogens with zero attached hydrogens (tertiary/aromatic N) is 1. The molecule has 0 fully saturated rings. The molecule has 7 heteroatoms. The molecule has 2 aromatic rings. The first kappa shape index (κ1) is 14.4. The lowest BCUT2D eigenvalue weighted by Gasteiger charge is -2.07. The summed E-state index contributed by atoms with van der Waals surface area (Å²) < 4.78 is 13.3. The van der Waals surface area contributed by atoms with Gasteiger partial charge >= 0.3 is 0 Å². The Labute approximate surface area is 119 Å². The lowest BCUT2D eigenvalue weighted by Crippen LogP contribution is -2.15. The van der Waals surface area contributed by atoms with Gasteiger partial charge in [0.05, 0.1) is 16.7 Å². The Morgan fingerprint density at radius 1 is 1.33 bits per heavy atom. The van der Waals surface area contributed by atoms with E-state index in [1.165, 1.54) is 0 Å². The summed E-state index contributed by atoms with van der Waals surface area (Å²) in [5.74, 6) is -1.66. The maximum atomic E-state index is 13.3. The molecule has 0 heterocycles. The number of aryl methyl sites for hydroxylation is 1. The summed E-state index contributed by atoms with van der Waals surface area (Å²) >= 11 is 0. The molecule has 3 N–H and O–H groups in total. The van der Waals surface area contributed by atoms with E-state index in [-0.39, 0.29) is 11.3 Å². The summed E-state index contributed by atoms with van der Waals surface area (Å²) in [7, 11) is 0. The number of hydrogen-bond acceptors (Lipinski definition) is 4. The van der Waals surface area contributed by atoms with Gasteiger partial charge in [-0.1, -0.05) is 12.1 Å². The van der Waals surface area contributed by atoms with Crippen LogP contribution in [0.15, 0.2) is 36.4 Å². The lowest BCUT2D eigenvalue weighted by molar-refractivity contribution is -0.385. The van der Waals surface area contributed by atoms with Crippen molar-refractivity contribution in [3.05, 3.63) is 63.5 Å². The van der Waals surface area contributed by atoms with Gasteiger partial charge in [0.1, 0.15) is 5.56 Å². The van der Waals surface area contributed by atoms with E-state index in [1.807, 2.05) is 13.0 Å². The Morgan fingerprint density at radius 2 is 2.05 bits per heavy atom. The molecule has 2 aromatic carbocycles. The molecule has 108 valence electrons. The first-order valence-electron chi connectivity index (χ1n) is 6.00. The summed E-state index contributed by atoms with van der Waals surface area (Å²) in [6.07, 6.45) is 0. The summed E-state index contributed by atoms with van der Waals surface area (Å²) in [6.45, 7) is 1.84. The van der Waals surface area contributed by atoms with Gasteiger partial charge in [-0.05, 0) is 30.7 Å². The molecule has 0 aromatic heterocycles. The molecule has 0 spiro atoms. The van der Waals surface area contributed by atoms with Crippen molar-refractivity contribution >= 4 is 23.0 Å². The first-order valence-corrected chi connectivity index (χ1v) is 6.00. The fraction of sp³-hybridized carbons (Fsp3) is 0.0714. The zero-order chi connectivity index (χ0) is 15.6. The van der Waals surface area contributed by atoms with Crippen molar-refractivity contribution in [2.24, 2.45) is 0 Å². The minimum atomic E-state index is -0.936. The monoisotopic (exact) mass is 289 g/mol. The van der Waals surface area contributed by atoms with Gasteiger partial charge in [0.25, 0.3) is 11.6 Å². The number of nitrogens with one attached hydrogen (secondary N) is 1. The van der Waals surface area contributed by atoms with E-state index in [4.69, 9.17) is 5.73 Å². The number of nitrogen functional groups attached to an aromatic ring is 1. The van der Waals surface area contributed by atoms with E-state index in [0.717, 1.165) is 11.6 Å². The number of nitro groups is 1. The summed E-state index contributed by atoms with van der Waals surface area (Å²) in [5, 5.41) is 13.4. The second-order valence-corrected chi connectivity index (χ2v) is 4.47. The fourth-order valence-electron chi connectivity index (χ4n) is 1.83. The van der Waals surface area contributed by atoms with E-state index in [9.17, 15) is 19.3 Å². The number of halogens is 1. The van der Waals surface area contributed by atoms with Crippen molar-refractivity contribution in [2.45, 2.75) is 6.92 Å². The number of rotatable bonds is 3. The van der Waals surface area contributed by atoms with Crippen LogP contribution >= 0.6 is 0 Å². The van der Waals surface area contributed by atoms with Crippen LogP contribution in [0.4, 0.5) is 21.5 Å². The smallest absolute Gasteiger partial charge is 0.285 e. The molecular weight excluding hydrogens is 277 g/mol. The molecule has 0 aliphatic carbocycles. The van der Waals surface area contributed by atoms with Crippen molar-refractivity contribution in [3.63, 3.8) is 0 Å². The molecule has 0 atom stereocenters. The van der Waals surface area contributed by atoms with Gasteiger partial charge in [0, 0.05) is 5.69 Å². The van der Waals surface area contributed by atoms with Crippen LogP contribution in [0.5, 0.6) is 0 Å². The van der Waals surface area contributed by atoms with Gasteiger partial charge in [0.2, 0.25) is 0 Å². The second kappa shape index (κ2) is 5.58. The molecule has 0 radical (unpaired) electrons. The highest BCUT2D eigenvalue weighted by Crippen LogP contribution is 2.25. The van der Waals surface area contributed by atoms with Gasteiger partial charge in [-0.2, -0.15) is 0 Å². The third-order valence-corrected chi connectivity index (χ3v) is 2.83. The van der Waals surface area contributed by atoms with E-state index < -0.39 is 22.3 Å². The quantitative estimate of drug-likeness (QED) is 0.515. The average Bonchev–Trinajstić information content (AvgIpc) is 2.41. The molecule has 2 rings (SSSR count). The largest absolute Gasteiger partial charge is 0.396 e. The number of anilines is 2. The maximum Gasteiger partial charge on any atom is 0.285 e. The zero-order valence-electron chi connectivity index (χ0n) is 11.1. The van der Waals surface area contributed by atoms with Gasteiger partial charge < -0.3 is 11.1 Å². The van der Waals surface area contributed by atoms with Crippen molar-refractivity contribution in [2.75, 3.05) is 11.1 Å². The fourth-order valence-corrected chi connectivity index (χ4v) is 1.83. The van der Waals surface area contributed by atoms with Gasteiger partial charge in [-0.3, -0.25) is 14.9 Å². The molecule has 0 aliphatic heterocycles. The Balaban J connectivity index is 2.39. The predicted molar refractivity (Wildman–Crippen MR) is 76.6 cm³/mol. The number of benzene rings is 2. The van der Waals surface area contributed by atoms with Crippen LogP contribution in [0.2, 0.25) is 0 Å². The highest BCUT2D eigenvalue weighted by atomic mass is 19.1. The summed E-state index contributed by atoms with van der Waals surface area (Å²) in [4.78, 5) is 22.2. The summed E-state index contributed by atoms with van der Waals surface area (Å²) in [5.41, 5.74) is 5.52. The van der Waals surface area contributed by atoms with Crippen LogP contribution < -0.4 is 11.1 Å². The normalized spacial score (nSPS) is 10.2. The molecule has 0 aliphatic rings. The molecule has 1 amide bonds. The molecular formula is C14H12FN3O3. The van der Waals surface area contributed by atoms with E-state index in [0.29, 0.717) is 11.8 Å². The highest BCUT2D eigenvalue weighted by Gasteiger charge is 2.23. The topological polar surface area (TPSA) is 98.3 Å². The number of carbonyl (C=O) groups is 1. The maximum absolute atomic E-state index is 13.3. The van der Waals surface area contributed by atoms with Crippen LogP contribution in [-0.4, -0.2) is 10.8 Å². The van der Waals surface area contributed by atoms with Crippen molar-refractivity contribution in [1.82, 2.24) is 0 Å². The van der Waals surface area contributed by atoms with E-state index in [1.54, 1.807) is 18.2 Å². The van der Waals surface area contributed by atoms with Gasteiger partial charge in [-0.25, -0.2) is 4.39 Å². The van der Waals surface area contributed by atoms with Crippen molar-refractivity contribution in [1.29, 1.82) is 0 Å². The number of nitrogens with two attached hydrogens (primary N) is 1. The number of nitro benzene ring substituents is 1. The molecule has 0 saturated heterocycles. The Kier molecular flexibility index (Phi) is 3.84. The van der Waals surface area contributed by atoms with Crippen LogP contribution in [-0.2, 0) is 0 Å². The third-order valence-electron chi connectivity index (χ3n) is 2.83. The van der Waals surface area contributed by atoms with E-state index in [2.05, 4.69) is 5.32 Å². The highest BCUT2D eigenvalue weighted by molar-refractivity contribution is 6.07. The van der Waals surface area contributed by atoms with Crippen LogP contribution in [0, 0.1) is 22.9 Å². The summed E-state index contributed by atoms with van der Waals surface area (Å²) in [6, 6.07) is 8.52. The van der Waals surface area contributed by atoms with Crippen LogP contribution in [0.25, 0.3) is 0 Å². The average molecular weight is 289 g/mol. The number of amides is 1. The van der Waals surface area contributed by atoms with Crippen LogP contribution in [0.3, 0.4) is 0 Å². The zero-order valence-corrected chi connectivity index (χ0v) is 11.1. The lowest BCUT2D eigenvalue weighted by atomic mass is 10.1. The minimum absolute atomic E-state index is 0.291. The van der Waals surface area contributed by atoms with Crippen molar-refractivity contribution in [3.8, 4) is 0 Å². The Morgan fingerprint density at radius 3 is 2.67 bits per heavy atom. The molecule has 21 heavy (non-hydrogen) atoms. The minimum Gasteiger partial charge on any atom is -0.396 e. The Bertz CT molecular complexity index is 731. The van der Waals surface area contributed by atoms with Gasteiger partial charge in [0.15, 0.2) is 5.82 Å². The molecule has 0 bridgehead atoms. The molecule has 0 unspecified atom stereocenters. The van der Waals surface area contributed by atoms with E-state index >= 15 is 0 Å². The SMILES string of the molecule is Cc1cccc(NC(=O)c2cc(N)c(F)cc2[N+](=O)[O-])c1. The first-order chi connectivity index (χ1) is 9.88. The predicted octanol–water partition coefficient (Wildman–Crippen LogP) is 2.88. The third kappa shape index (κ3) is 3.14. The standard InChI is InChI=1S/C14H12FN3O3/c1-8-3-2-4-9(5-8)17-14(19)10-6-12(16)11(15)7-13(10)18(20)21/h2-7H,16H2,1H3,(H,17,19). The number of carbonyl (C=O) groups excluding carboxylic acids is 1. The van der Waals surface area contributed by atoms with Crippen LogP contribution in [0.1, 0.15) is 15.9 Å². The van der Waals surface area contributed by atoms with Crippen molar-refractivity contribution < 1.29 is 14.1 Å². The molecule has 6 nitrogen and oxygen atoms in total. The van der Waals surface area contributed by atoms with Gasteiger partial charge in [-0.15, -0.1) is 0 Å². The second-order valence-electron chi connectivity index (χ2n) is 4.47.